The fourth-order valence-electron chi connectivity index (χ4n) is 4.05. The van der Waals surface area contributed by atoms with Gasteiger partial charge in [0, 0.05) is 17.5 Å². The molecule has 0 aliphatic carbocycles. The van der Waals surface area contributed by atoms with E-state index in [1.54, 1.807) is 35.6 Å². The van der Waals surface area contributed by atoms with Crippen molar-refractivity contribution in [2.45, 2.75) is 39.7 Å². The lowest BCUT2D eigenvalue weighted by Crippen LogP contribution is -2.50. The fourth-order valence-corrected chi connectivity index (χ4v) is 4.68. The summed E-state index contributed by atoms with van der Waals surface area (Å²) in [5.41, 5.74) is 3.84. The molecule has 0 fully saturated rings. The highest BCUT2D eigenvalue weighted by atomic mass is 32.1. The third-order valence-corrected chi connectivity index (χ3v) is 6.49. The van der Waals surface area contributed by atoms with E-state index in [1.165, 1.54) is 0 Å². The van der Waals surface area contributed by atoms with E-state index in [0.717, 1.165) is 26.7 Å². The summed E-state index contributed by atoms with van der Waals surface area (Å²) in [5, 5.41) is 6.01. The van der Waals surface area contributed by atoms with Crippen molar-refractivity contribution in [2.24, 2.45) is 5.92 Å². The number of hydrogen-bond acceptors (Lipinski definition) is 5. The largest absolute Gasteiger partial charge is 0.354 e. The van der Waals surface area contributed by atoms with Crippen LogP contribution in [0, 0.1) is 12.8 Å². The number of benzene rings is 2. The Kier molecular flexibility index (Phi) is 6.70. The molecule has 0 spiro atoms. The second-order valence-electron chi connectivity index (χ2n) is 8.66. The van der Waals surface area contributed by atoms with Crippen LogP contribution in [-0.4, -0.2) is 40.2 Å². The highest BCUT2D eigenvalue weighted by Crippen LogP contribution is 2.27. The first-order valence-corrected chi connectivity index (χ1v) is 12.0. The van der Waals surface area contributed by atoms with Crippen LogP contribution in [0.2, 0.25) is 0 Å². The van der Waals surface area contributed by atoms with Crippen LogP contribution in [0.15, 0.2) is 53.9 Å². The molecular formula is C26H27N3O3S. The number of amides is 3. The molecule has 3 amide bonds. The van der Waals surface area contributed by atoms with Gasteiger partial charge in [-0.1, -0.05) is 50.2 Å². The summed E-state index contributed by atoms with van der Waals surface area (Å²) >= 11 is 1.62. The maximum Gasteiger partial charge on any atom is 0.262 e. The normalized spacial score (nSPS) is 14.0. The van der Waals surface area contributed by atoms with E-state index < -0.39 is 17.9 Å². The van der Waals surface area contributed by atoms with Crippen molar-refractivity contribution in [2.75, 3.05) is 6.54 Å². The molecule has 0 saturated carbocycles. The van der Waals surface area contributed by atoms with E-state index in [1.807, 2.05) is 50.4 Å². The molecule has 1 aliphatic rings. The summed E-state index contributed by atoms with van der Waals surface area (Å²) in [4.78, 5) is 44.5. The zero-order valence-electron chi connectivity index (χ0n) is 19.0. The first-order valence-electron chi connectivity index (χ1n) is 11.1. The average molecular weight is 462 g/mol. The SMILES string of the molecule is Cc1nc(-c2ccc(CCNC(=O)C(CC(C)C)N3C(=O)c4ccccc4C3=O)cc2)cs1. The number of fused-ring (bicyclic) bond motifs is 1. The highest BCUT2D eigenvalue weighted by molar-refractivity contribution is 7.09. The Morgan fingerprint density at radius 2 is 1.67 bits per heavy atom. The van der Waals surface area contributed by atoms with E-state index in [4.69, 9.17) is 0 Å². The smallest absolute Gasteiger partial charge is 0.262 e. The molecule has 1 N–H and O–H groups in total. The third kappa shape index (κ3) is 4.88. The van der Waals surface area contributed by atoms with Crippen LogP contribution >= 0.6 is 11.3 Å². The van der Waals surface area contributed by atoms with E-state index in [2.05, 4.69) is 10.3 Å². The number of aromatic nitrogens is 1. The van der Waals surface area contributed by atoms with Crippen molar-refractivity contribution >= 4 is 29.1 Å². The lowest BCUT2D eigenvalue weighted by Gasteiger charge is -2.26. The van der Waals surface area contributed by atoms with Crippen LogP contribution < -0.4 is 5.32 Å². The molecule has 1 aliphatic heterocycles. The summed E-state index contributed by atoms with van der Waals surface area (Å²) in [5.74, 6) is -0.951. The van der Waals surface area contributed by atoms with E-state index >= 15 is 0 Å². The number of carbonyl (C=O) groups is 3. The summed E-state index contributed by atoms with van der Waals surface area (Å²) < 4.78 is 0. The predicted octanol–water partition coefficient (Wildman–Crippen LogP) is 4.49. The van der Waals surface area contributed by atoms with Gasteiger partial charge in [-0.2, -0.15) is 0 Å². The Morgan fingerprint density at radius 3 is 2.21 bits per heavy atom. The molecule has 3 aromatic rings. The molecule has 0 saturated heterocycles. The average Bonchev–Trinajstić information content (AvgIpc) is 3.34. The maximum atomic E-state index is 13.1. The minimum absolute atomic E-state index is 0.145. The lowest BCUT2D eigenvalue weighted by atomic mass is 10.0. The number of aryl methyl sites for hydroxylation is 1. The fraction of sp³-hybridized carbons (Fsp3) is 0.308. The summed E-state index contributed by atoms with van der Waals surface area (Å²) in [6.07, 6.45) is 1.07. The van der Waals surface area contributed by atoms with Crippen molar-refractivity contribution in [1.82, 2.24) is 15.2 Å². The molecule has 33 heavy (non-hydrogen) atoms. The maximum absolute atomic E-state index is 13.1. The van der Waals surface area contributed by atoms with Gasteiger partial charge in [0.25, 0.3) is 11.8 Å². The summed E-state index contributed by atoms with van der Waals surface area (Å²) in [7, 11) is 0. The van der Waals surface area contributed by atoms with E-state index in [-0.39, 0.29) is 11.8 Å². The molecule has 1 aromatic heterocycles. The molecule has 170 valence electrons. The van der Waals surface area contributed by atoms with Crippen LogP contribution in [0.1, 0.15) is 51.6 Å². The summed E-state index contributed by atoms with van der Waals surface area (Å²) in [6, 6.07) is 14.0. The third-order valence-electron chi connectivity index (χ3n) is 5.72. The Labute approximate surface area is 197 Å². The van der Waals surface area contributed by atoms with E-state index in [9.17, 15) is 14.4 Å². The van der Waals surface area contributed by atoms with Gasteiger partial charge in [0.05, 0.1) is 21.8 Å². The molecule has 2 aromatic carbocycles. The van der Waals surface area contributed by atoms with Crippen LogP contribution in [0.3, 0.4) is 0 Å². The van der Waals surface area contributed by atoms with Crippen molar-refractivity contribution in [3.8, 4) is 11.3 Å². The Balaban J connectivity index is 1.40. The molecule has 4 rings (SSSR count). The van der Waals surface area contributed by atoms with Crippen LogP contribution in [0.4, 0.5) is 0 Å². The number of thiazole rings is 1. The van der Waals surface area contributed by atoms with Crippen molar-refractivity contribution in [1.29, 1.82) is 0 Å². The molecule has 1 unspecified atom stereocenters. The first kappa shape index (κ1) is 22.9. The van der Waals surface area contributed by atoms with Gasteiger partial charge in [-0.25, -0.2) is 4.98 Å². The zero-order valence-corrected chi connectivity index (χ0v) is 19.8. The molecular weight excluding hydrogens is 434 g/mol. The second kappa shape index (κ2) is 9.67. The lowest BCUT2D eigenvalue weighted by molar-refractivity contribution is -0.125. The monoisotopic (exact) mass is 461 g/mol. The summed E-state index contributed by atoms with van der Waals surface area (Å²) in [6.45, 7) is 6.36. The van der Waals surface area contributed by atoms with Gasteiger partial charge in [-0.05, 0) is 43.4 Å². The number of carbonyl (C=O) groups excluding carboxylic acids is 3. The predicted molar refractivity (Wildman–Crippen MR) is 129 cm³/mol. The van der Waals surface area contributed by atoms with Gasteiger partial charge in [0.15, 0.2) is 0 Å². The molecule has 0 radical (unpaired) electrons. The number of nitrogens with one attached hydrogen (secondary N) is 1. The van der Waals surface area contributed by atoms with Gasteiger partial charge >= 0.3 is 0 Å². The van der Waals surface area contributed by atoms with Crippen LogP contribution in [0.25, 0.3) is 11.3 Å². The number of hydrogen-bond donors (Lipinski definition) is 1. The van der Waals surface area contributed by atoms with Crippen molar-refractivity contribution in [3.05, 3.63) is 75.6 Å². The van der Waals surface area contributed by atoms with Gasteiger partial charge in [0.2, 0.25) is 5.91 Å². The van der Waals surface area contributed by atoms with Crippen molar-refractivity contribution in [3.63, 3.8) is 0 Å². The van der Waals surface area contributed by atoms with Crippen molar-refractivity contribution < 1.29 is 14.4 Å². The highest BCUT2D eigenvalue weighted by Gasteiger charge is 2.42. The molecule has 1 atom stereocenters. The minimum atomic E-state index is -0.826. The molecule has 6 nitrogen and oxygen atoms in total. The Bertz CT molecular complexity index is 1150. The molecule has 0 bridgehead atoms. The van der Waals surface area contributed by atoms with Gasteiger partial charge in [-0.15, -0.1) is 11.3 Å². The van der Waals surface area contributed by atoms with Gasteiger partial charge in [-0.3, -0.25) is 19.3 Å². The van der Waals surface area contributed by atoms with Crippen LogP contribution in [0.5, 0.6) is 0 Å². The first-order chi connectivity index (χ1) is 15.8. The number of nitrogens with zero attached hydrogens (tertiary/aromatic N) is 2. The minimum Gasteiger partial charge on any atom is -0.354 e. The van der Waals surface area contributed by atoms with Gasteiger partial charge < -0.3 is 5.32 Å². The molecule has 7 heteroatoms. The number of rotatable bonds is 8. The standard InChI is InChI=1S/C26H27N3O3S/c1-16(2)14-23(29-25(31)20-6-4-5-7-21(20)26(29)32)24(30)27-13-12-18-8-10-19(11-9-18)22-15-33-17(3)28-22/h4-11,15-16,23H,12-14H2,1-3H3,(H,27,30). The number of imide groups is 1. The van der Waals surface area contributed by atoms with Crippen LogP contribution in [-0.2, 0) is 11.2 Å². The topological polar surface area (TPSA) is 79.4 Å². The quantitative estimate of drug-likeness (QED) is 0.502. The zero-order chi connectivity index (χ0) is 23.5. The Morgan fingerprint density at radius 1 is 1.03 bits per heavy atom. The van der Waals surface area contributed by atoms with Gasteiger partial charge in [0.1, 0.15) is 6.04 Å². The van der Waals surface area contributed by atoms with E-state index in [0.29, 0.717) is 30.5 Å². The molecule has 2 heterocycles. The second-order valence-corrected chi connectivity index (χ2v) is 9.72. The Hall–Kier alpha value is -3.32.